The fourth-order valence-electron chi connectivity index (χ4n) is 6.94. The smallest absolute Gasteiger partial charge is 0.338 e. The minimum absolute atomic E-state index is 0.185. The predicted octanol–water partition coefficient (Wildman–Crippen LogP) is 4.86. The van der Waals surface area contributed by atoms with Gasteiger partial charge >= 0.3 is 5.97 Å². The molecule has 1 aliphatic heterocycles. The Labute approximate surface area is 181 Å². The molecular weight excluding hydrogens is 390 g/mol. The first-order valence-electron chi connectivity index (χ1n) is 11.3. The lowest BCUT2D eigenvalue weighted by molar-refractivity contribution is -0.0848. The maximum Gasteiger partial charge on any atom is 0.338 e. The molecule has 4 bridgehead atoms. The van der Waals surface area contributed by atoms with E-state index >= 15 is 0 Å². The summed E-state index contributed by atoms with van der Waals surface area (Å²) in [5.41, 5.74) is 1.91. The summed E-state index contributed by atoms with van der Waals surface area (Å²) < 4.78 is 5.78. The molecule has 4 saturated carbocycles. The number of imide groups is 1. The van der Waals surface area contributed by atoms with Crippen LogP contribution >= 0.6 is 0 Å². The minimum Gasteiger partial charge on any atom is -0.462 e. The molecule has 4 aliphatic carbocycles. The molecule has 158 valence electrons. The third-order valence-electron chi connectivity index (χ3n) is 7.83. The molecule has 31 heavy (non-hydrogen) atoms. The Morgan fingerprint density at radius 2 is 1.35 bits per heavy atom. The van der Waals surface area contributed by atoms with Crippen molar-refractivity contribution in [2.45, 2.75) is 38.5 Å². The first-order chi connectivity index (χ1) is 15.0. The van der Waals surface area contributed by atoms with E-state index in [9.17, 15) is 14.4 Å². The molecule has 2 aromatic rings. The van der Waals surface area contributed by atoms with Crippen molar-refractivity contribution in [3.8, 4) is 0 Å². The van der Waals surface area contributed by atoms with Gasteiger partial charge in [-0.1, -0.05) is 12.1 Å². The van der Waals surface area contributed by atoms with Gasteiger partial charge in [-0.2, -0.15) is 0 Å². The van der Waals surface area contributed by atoms with Crippen LogP contribution in [0, 0.1) is 23.2 Å². The van der Waals surface area contributed by atoms with E-state index in [2.05, 4.69) is 0 Å². The van der Waals surface area contributed by atoms with Crippen LogP contribution in [-0.4, -0.2) is 24.4 Å². The molecule has 2 aromatic carbocycles. The molecule has 5 heteroatoms. The largest absolute Gasteiger partial charge is 0.462 e. The Kier molecular flexibility index (Phi) is 4.11. The van der Waals surface area contributed by atoms with Gasteiger partial charge < -0.3 is 4.74 Å². The molecule has 0 spiro atoms. The van der Waals surface area contributed by atoms with Gasteiger partial charge in [0.25, 0.3) is 11.8 Å². The van der Waals surface area contributed by atoms with Gasteiger partial charge in [0.15, 0.2) is 0 Å². The standard InChI is InChI=1S/C26H25NO4/c28-23-21-3-1-2-4-22(21)24(29)27(23)20-7-5-19(6-8-20)25(30)31-15-26-12-16-9-17(13-26)11-18(10-16)14-26/h1-8,16-18H,9-15H2. The van der Waals surface area contributed by atoms with Gasteiger partial charge in [0.1, 0.15) is 0 Å². The highest BCUT2D eigenvalue weighted by atomic mass is 16.5. The van der Waals surface area contributed by atoms with Gasteiger partial charge in [-0.05, 0) is 92.7 Å². The van der Waals surface area contributed by atoms with Gasteiger partial charge in [-0.15, -0.1) is 0 Å². The summed E-state index contributed by atoms with van der Waals surface area (Å²) in [4.78, 5) is 39.2. The van der Waals surface area contributed by atoms with Crippen molar-refractivity contribution in [1.82, 2.24) is 0 Å². The Hall–Kier alpha value is -2.95. The van der Waals surface area contributed by atoms with Crippen molar-refractivity contribution in [2.24, 2.45) is 23.2 Å². The lowest BCUT2D eigenvalue weighted by atomic mass is 9.50. The van der Waals surface area contributed by atoms with Crippen LogP contribution in [0.15, 0.2) is 48.5 Å². The molecule has 1 heterocycles. The zero-order valence-corrected chi connectivity index (χ0v) is 17.4. The van der Waals surface area contributed by atoms with Crippen molar-refractivity contribution >= 4 is 23.5 Å². The molecule has 0 aromatic heterocycles. The highest BCUT2D eigenvalue weighted by Gasteiger charge is 2.51. The fraction of sp³-hybridized carbons (Fsp3) is 0.423. The van der Waals surface area contributed by atoms with Crippen LogP contribution in [-0.2, 0) is 4.74 Å². The summed E-state index contributed by atoms with van der Waals surface area (Å²) in [6.07, 6.45) is 7.70. The van der Waals surface area contributed by atoms with Crippen LogP contribution in [0.5, 0.6) is 0 Å². The second-order valence-corrected chi connectivity index (χ2v) is 10.0. The summed E-state index contributed by atoms with van der Waals surface area (Å²) in [5, 5.41) is 0. The number of rotatable bonds is 4. The molecular formula is C26H25NO4. The molecule has 5 nitrogen and oxygen atoms in total. The van der Waals surface area contributed by atoms with Crippen molar-refractivity contribution in [1.29, 1.82) is 0 Å². The molecule has 0 unspecified atom stereocenters. The van der Waals surface area contributed by atoms with Gasteiger partial charge in [-0.3, -0.25) is 9.59 Å². The number of carbonyl (C=O) groups excluding carboxylic acids is 3. The van der Waals surface area contributed by atoms with Crippen LogP contribution in [0.1, 0.15) is 69.6 Å². The average Bonchev–Trinajstić information content (AvgIpc) is 3.02. The third-order valence-corrected chi connectivity index (χ3v) is 7.83. The van der Waals surface area contributed by atoms with Crippen LogP contribution in [0.2, 0.25) is 0 Å². The summed E-state index contributed by atoms with van der Waals surface area (Å²) in [5.74, 6) is 1.47. The van der Waals surface area contributed by atoms with E-state index in [4.69, 9.17) is 4.74 Å². The van der Waals surface area contributed by atoms with Crippen LogP contribution in [0.25, 0.3) is 0 Å². The number of ether oxygens (including phenoxy) is 1. The molecule has 0 saturated heterocycles. The number of benzene rings is 2. The van der Waals surface area contributed by atoms with E-state index in [1.165, 1.54) is 38.5 Å². The highest BCUT2D eigenvalue weighted by Crippen LogP contribution is 2.60. The second-order valence-electron chi connectivity index (χ2n) is 10.0. The molecule has 0 atom stereocenters. The van der Waals surface area contributed by atoms with Gasteiger partial charge in [0.2, 0.25) is 0 Å². The van der Waals surface area contributed by atoms with Crippen LogP contribution in [0.3, 0.4) is 0 Å². The topological polar surface area (TPSA) is 63.7 Å². The van der Waals surface area contributed by atoms with Crippen molar-refractivity contribution < 1.29 is 19.1 Å². The molecule has 0 N–H and O–H groups in total. The van der Waals surface area contributed by atoms with E-state index in [-0.39, 0.29) is 23.2 Å². The van der Waals surface area contributed by atoms with Gasteiger partial charge in [0.05, 0.1) is 29.0 Å². The number of anilines is 1. The number of hydrogen-bond donors (Lipinski definition) is 0. The first-order valence-corrected chi connectivity index (χ1v) is 11.3. The summed E-state index contributed by atoms with van der Waals surface area (Å²) in [6, 6.07) is 13.4. The molecule has 7 rings (SSSR count). The summed E-state index contributed by atoms with van der Waals surface area (Å²) >= 11 is 0. The Bertz CT molecular complexity index is 1020. The highest BCUT2D eigenvalue weighted by molar-refractivity contribution is 6.34. The van der Waals surface area contributed by atoms with E-state index in [0.717, 1.165) is 22.7 Å². The fourth-order valence-corrected chi connectivity index (χ4v) is 6.94. The summed E-state index contributed by atoms with van der Waals surface area (Å²) in [7, 11) is 0. The lowest BCUT2D eigenvalue weighted by Crippen LogP contribution is -2.48. The van der Waals surface area contributed by atoms with Crippen molar-refractivity contribution in [3.63, 3.8) is 0 Å². The zero-order chi connectivity index (χ0) is 21.2. The number of carbonyl (C=O) groups is 3. The maximum atomic E-state index is 12.7. The normalized spacial score (nSPS) is 30.6. The SMILES string of the molecule is O=C(OCC12CC3CC(CC(C3)C1)C2)c1ccc(N2C(=O)c3ccccc3C2=O)cc1. The van der Waals surface area contributed by atoms with Gasteiger partial charge in [-0.25, -0.2) is 9.69 Å². The zero-order valence-electron chi connectivity index (χ0n) is 17.4. The predicted molar refractivity (Wildman–Crippen MR) is 115 cm³/mol. The third kappa shape index (κ3) is 3.01. The molecule has 2 amide bonds. The number of nitrogens with zero attached hydrogens (tertiary/aromatic N) is 1. The van der Waals surface area contributed by atoms with E-state index in [1.54, 1.807) is 48.5 Å². The number of fused-ring (bicyclic) bond motifs is 1. The molecule has 0 radical (unpaired) electrons. The Balaban J connectivity index is 1.15. The van der Waals surface area contributed by atoms with Crippen LogP contribution < -0.4 is 4.90 Å². The average molecular weight is 415 g/mol. The minimum atomic E-state index is -0.335. The Morgan fingerprint density at radius 1 is 0.839 bits per heavy atom. The van der Waals surface area contributed by atoms with Crippen molar-refractivity contribution in [3.05, 3.63) is 65.2 Å². The van der Waals surface area contributed by atoms with Crippen LogP contribution in [0.4, 0.5) is 5.69 Å². The van der Waals surface area contributed by atoms with Gasteiger partial charge in [0, 0.05) is 5.41 Å². The molecule has 5 aliphatic rings. The second kappa shape index (κ2) is 6.78. The quantitative estimate of drug-likeness (QED) is 0.528. The van der Waals surface area contributed by atoms with E-state index in [0.29, 0.717) is 29.0 Å². The van der Waals surface area contributed by atoms with E-state index < -0.39 is 0 Å². The Morgan fingerprint density at radius 3 is 1.87 bits per heavy atom. The van der Waals surface area contributed by atoms with Crippen molar-refractivity contribution in [2.75, 3.05) is 11.5 Å². The first kappa shape index (κ1) is 18.8. The maximum absolute atomic E-state index is 12.7. The molecule has 4 fully saturated rings. The monoisotopic (exact) mass is 415 g/mol. The number of esters is 1. The number of hydrogen-bond acceptors (Lipinski definition) is 4. The lowest BCUT2D eigenvalue weighted by Gasteiger charge is -2.56. The number of amides is 2. The van der Waals surface area contributed by atoms with E-state index in [1.807, 2.05) is 0 Å². The summed E-state index contributed by atoms with van der Waals surface area (Å²) in [6.45, 7) is 0.509.